The van der Waals surface area contributed by atoms with Crippen LogP contribution in [-0.2, 0) is 9.59 Å². The number of hydrogen-bond acceptors (Lipinski definition) is 3. The van der Waals surface area contributed by atoms with E-state index in [2.05, 4.69) is 5.32 Å². The predicted octanol–water partition coefficient (Wildman–Crippen LogP) is 2.01. The number of piperidine rings is 1. The second kappa shape index (κ2) is 7.52. The summed E-state index contributed by atoms with van der Waals surface area (Å²) >= 11 is 0. The van der Waals surface area contributed by atoms with E-state index in [4.69, 9.17) is 0 Å². The molecule has 0 bridgehead atoms. The lowest BCUT2D eigenvalue weighted by Crippen LogP contribution is -2.48. The molecule has 136 valence electrons. The van der Waals surface area contributed by atoms with Crippen LogP contribution in [0.15, 0.2) is 24.3 Å². The number of rotatable bonds is 5. The number of aliphatic hydroxyl groups excluding tert-OH is 1. The van der Waals surface area contributed by atoms with E-state index in [0.717, 1.165) is 32.2 Å². The van der Waals surface area contributed by atoms with Crippen LogP contribution in [0.4, 0.5) is 4.39 Å². The number of carbonyl (C=O) groups excluding carboxylic acids is 2. The lowest BCUT2D eigenvalue weighted by Gasteiger charge is -2.33. The van der Waals surface area contributed by atoms with Gasteiger partial charge >= 0.3 is 0 Å². The summed E-state index contributed by atoms with van der Waals surface area (Å²) in [6.45, 7) is 2.91. The molecule has 1 aromatic carbocycles. The number of nitrogens with one attached hydrogen (secondary N) is 1. The quantitative estimate of drug-likeness (QED) is 0.855. The summed E-state index contributed by atoms with van der Waals surface area (Å²) < 4.78 is 13.0. The zero-order valence-corrected chi connectivity index (χ0v) is 14.5. The van der Waals surface area contributed by atoms with E-state index >= 15 is 0 Å². The maximum atomic E-state index is 13.0. The van der Waals surface area contributed by atoms with Gasteiger partial charge in [-0.1, -0.05) is 12.1 Å². The van der Waals surface area contributed by atoms with E-state index in [0.29, 0.717) is 12.1 Å². The SMILES string of the molecule is CC(NC(=O)C1CCCN(C(=O)C2CC2)C1)C(O)c1ccc(F)cc1. The Morgan fingerprint density at radius 3 is 2.52 bits per heavy atom. The number of hydrogen-bond donors (Lipinski definition) is 2. The summed E-state index contributed by atoms with van der Waals surface area (Å²) in [4.78, 5) is 26.5. The van der Waals surface area contributed by atoms with Crippen molar-refractivity contribution in [1.29, 1.82) is 0 Å². The molecular weight excluding hydrogens is 323 g/mol. The molecule has 2 amide bonds. The van der Waals surface area contributed by atoms with E-state index in [9.17, 15) is 19.1 Å². The van der Waals surface area contributed by atoms with Gasteiger partial charge in [-0.05, 0) is 50.3 Å². The highest BCUT2D eigenvalue weighted by Crippen LogP contribution is 2.32. The minimum Gasteiger partial charge on any atom is -0.386 e. The molecule has 3 atom stereocenters. The Hall–Kier alpha value is -1.95. The van der Waals surface area contributed by atoms with Gasteiger partial charge in [0.1, 0.15) is 5.82 Å². The highest BCUT2D eigenvalue weighted by Gasteiger charge is 2.37. The summed E-state index contributed by atoms with van der Waals surface area (Å²) in [5.74, 6) is -0.394. The molecule has 6 heteroatoms. The van der Waals surface area contributed by atoms with Crippen molar-refractivity contribution in [3.8, 4) is 0 Å². The van der Waals surface area contributed by atoms with E-state index in [-0.39, 0.29) is 29.5 Å². The summed E-state index contributed by atoms with van der Waals surface area (Å²) in [6.07, 6.45) is 2.60. The number of amides is 2. The highest BCUT2D eigenvalue weighted by atomic mass is 19.1. The first-order valence-electron chi connectivity index (χ1n) is 8.98. The first-order chi connectivity index (χ1) is 12.0. The largest absolute Gasteiger partial charge is 0.386 e. The molecule has 1 aromatic rings. The molecule has 1 saturated heterocycles. The zero-order chi connectivity index (χ0) is 18.0. The van der Waals surface area contributed by atoms with Crippen LogP contribution in [0.25, 0.3) is 0 Å². The second-order valence-corrected chi connectivity index (χ2v) is 7.19. The van der Waals surface area contributed by atoms with Crippen LogP contribution in [0.3, 0.4) is 0 Å². The number of halogens is 1. The average molecular weight is 348 g/mol. The summed E-state index contributed by atoms with van der Waals surface area (Å²) in [5, 5.41) is 13.2. The van der Waals surface area contributed by atoms with Crippen LogP contribution in [0.5, 0.6) is 0 Å². The van der Waals surface area contributed by atoms with Crippen molar-refractivity contribution in [3.63, 3.8) is 0 Å². The Labute approximate surface area is 147 Å². The fourth-order valence-corrected chi connectivity index (χ4v) is 3.35. The number of aliphatic hydroxyl groups is 1. The van der Waals surface area contributed by atoms with Crippen LogP contribution >= 0.6 is 0 Å². The molecule has 3 unspecified atom stereocenters. The third kappa shape index (κ3) is 4.37. The first-order valence-corrected chi connectivity index (χ1v) is 8.98. The molecule has 5 nitrogen and oxygen atoms in total. The standard InChI is InChI=1S/C19H25FN2O3/c1-12(17(23)13-6-8-16(20)9-7-13)21-18(24)15-3-2-10-22(11-15)19(25)14-4-5-14/h6-9,12,14-15,17,23H,2-5,10-11H2,1H3,(H,21,24). The van der Waals surface area contributed by atoms with Gasteiger partial charge in [-0.3, -0.25) is 9.59 Å². The van der Waals surface area contributed by atoms with Crippen molar-refractivity contribution in [2.75, 3.05) is 13.1 Å². The monoisotopic (exact) mass is 348 g/mol. The van der Waals surface area contributed by atoms with Gasteiger partial charge in [-0.15, -0.1) is 0 Å². The van der Waals surface area contributed by atoms with Gasteiger partial charge in [0, 0.05) is 19.0 Å². The maximum absolute atomic E-state index is 13.0. The molecule has 1 saturated carbocycles. The Bertz CT molecular complexity index is 630. The van der Waals surface area contributed by atoms with E-state index in [1.165, 1.54) is 24.3 Å². The van der Waals surface area contributed by atoms with E-state index in [1.807, 2.05) is 4.90 Å². The molecule has 2 fully saturated rings. The van der Waals surface area contributed by atoms with Crippen molar-refractivity contribution in [1.82, 2.24) is 10.2 Å². The number of carbonyl (C=O) groups is 2. The molecule has 0 spiro atoms. The molecule has 0 radical (unpaired) electrons. The number of nitrogens with zero attached hydrogens (tertiary/aromatic N) is 1. The topological polar surface area (TPSA) is 69.6 Å². The Kier molecular flexibility index (Phi) is 5.37. The Balaban J connectivity index is 1.55. The highest BCUT2D eigenvalue weighted by molar-refractivity contribution is 5.83. The smallest absolute Gasteiger partial charge is 0.225 e. The van der Waals surface area contributed by atoms with E-state index < -0.39 is 12.1 Å². The van der Waals surface area contributed by atoms with E-state index in [1.54, 1.807) is 6.92 Å². The van der Waals surface area contributed by atoms with Crippen LogP contribution < -0.4 is 5.32 Å². The van der Waals surface area contributed by atoms with Gasteiger partial charge in [-0.25, -0.2) is 4.39 Å². The maximum Gasteiger partial charge on any atom is 0.225 e. The Morgan fingerprint density at radius 2 is 1.88 bits per heavy atom. The zero-order valence-electron chi connectivity index (χ0n) is 14.5. The van der Waals surface area contributed by atoms with Crippen molar-refractivity contribution in [2.24, 2.45) is 11.8 Å². The normalized spacial score (nSPS) is 23.0. The third-order valence-corrected chi connectivity index (χ3v) is 5.09. The van der Waals surface area contributed by atoms with Gasteiger partial charge in [0.15, 0.2) is 0 Å². The molecule has 1 aliphatic carbocycles. The van der Waals surface area contributed by atoms with Gasteiger partial charge in [0.25, 0.3) is 0 Å². The van der Waals surface area contributed by atoms with Gasteiger partial charge in [0.2, 0.25) is 11.8 Å². The van der Waals surface area contributed by atoms with Gasteiger partial charge in [-0.2, -0.15) is 0 Å². The molecule has 2 aliphatic rings. The third-order valence-electron chi connectivity index (χ3n) is 5.09. The van der Waals surface area contributed by atoms with Crippen molar-refractivity contribution < 1.29 is 19.1 Å². The van der Waals surface area contributed by atoms with Crippen LogP contribution in [0, 0.1) is 17.7 Å². The summed E-state index contributed by atoms with van der Waals surface area (Å²) in [6, 6.07) is 5.11. The van der Waals surface area contributed by atoms with Crippen LogP contribution in [0.2, 0.25) is 0 Å². The predicted molar refractivity (Wildman–Crippen MR) is 91.0 cm³/mol. The number of benzene rings is 1. The van der Waals surface area contributed by atoms with Crippen LogP contribution in [-0.4, -0.2) is 41.0 Å². The molecule has 1 heterocycles. The minimum atomic E-state index is -0.905. The molecule has 25 heavy (non-hydrogen) atoms. The molecule has 2 N–H and O–H groups in total. The van der Waals surface area contributed by atoms with Crippen molar-refractivity contribution >= 4 is 11.8 Å². The van der Waals surface area contributed by atoms with Crippen LogP contribution in [0.1, 0.15) is 44.3 Å². The minimum absolute atomic E-state index is 0.137. The Morgan fingerprint density at radius 1 is 1.20 bits per heavy atom. The summed E-state index contributed by atoms with van der Waals surface area (Å²) in [7, 11) is 0. The molecule has 1 aliphatic heterocycles. The fraction of sp³-hybridized carbons (Fsp3) is 0.579. The van der Waals surface area contributed by atoms with Crippen molar-refractivity contribution in [2.45, 2.75) is 44.8 Å². The average Bonchev–Trinajstić information content (AvgIpc) is 3.46. The fourth-order valence-electron chi connectivity index (χ4n) is 3.35. The van der Waals surface area contributed by atoms with Crippen molar-refractivity contribution in [3.05, 3.63) is 35.6 Å². The second-order valence-electron chi connectivity index (χ2n) is 7.19. The lowest BCUT2D eigenvalue weighted by molar-refractivity contribution is -0.137. The number of likely N-dealkylation sites (tertiary alicyclic amines) is 1. The first kappa shape index (κ1) is 17.9. The lowest BCUT2D eigenvalue weighted by atomic mass is 9.95. The molecular formula is C19H25FN2O3. The molecule has 0 aromatic heterocycles. The van der Waals surface area contributed by atoms with Gasteiger partial charge in [0.05, 0.1) is 18.1 Å². The summed E-state index contributed by atoms with van der Waals surface area (Å²) in [5.41, 5.74) is 0.559. The molecule has 3 rings (SSSR count). The van der Waals surface area contributed by atoms with Gasteiger partial charge < -0.3 is 15.3 Å².